The highest BCUT2D eigenvalue weighted by Crippen LogP contribution is 2.27. The van der Waals surface area contributed by atoms with Gasteiger partial charge in [0.1, 0.15) is 11.6 Å². The maximum atomic E-state index is 12.9. The van der Waals surface area contributed by atoms with E-state index in [0.717, 1.165) is 4.47 Å². The summed E-state index contributed by atoms with van der Waals surface area (Å²) in [6, 6.07) is 9.29. The molecule has 18 heavy (non-hydrogen) atoms. The lowest BCUT2D eigenvalue weighted by Crippen LogP contribution is -1.83. The van der Waals surface area contributed by atoms with Crippen LogP contribution in [0.5, 0.6) is 5.75 Å². The first-order valence-corrected chi connectivity index (χ1v) is 6.62. The molecule has 92 valence electrons. The third-order valence-electron chi connectivity index (χ3n) is 2.24. The van der Waals surface area contributed by atoms with Crippen molar-refractivity contribution in [3.05, 3.63) is 56.7 Å². The number of phenols is 1. The second-order valence-corrected chi connectivity index (χ2v) is 5.33. The summed E-state index contributed by atoms with van der Waals surface area (Å²) < 4.78 is 14.3. The fourth-order valence-electron chi connectivity index (χ4n) is 1.35. The summed E-state index contributed by atoms with van der Waals surface area (Å²) in [6.45, 7) is 0. The molecule has 0 fully saturated rings. The van der Waals surface area contributed by atoms with E-state index in [0.29, 0.717) is 15.7 Å². The average molecular weight is 373 g/mol. The normalized spacial score (nSPS) is 11.1. The number of aliphatic imine (C=N–C) groups is 1. The van der Waals surface area contributed by atoms with Crippen molar-refractivity contribution >= 4 is 43.8 Å². The Morgan fingerprint density at radius 1 is 1.11 bits per heavy atom. The molecule has 0 amide bonds. The molecule has 0 aliphatic rings. The summed E-state index contributed by atoms with van der Waals surface area (Å²) in [5.74, 6) is -0.189. The van der Waals surface area contributed by atoms with E-state index in [9.17, 15) is 9.50 Å². The topological polar surface area (TPSA) is 32.6 Å². The number of hydrogen-bond donors (Lipinski definition) is 1. The van der Waals surface area contributed by atoms with Gasteiger partial charge in [0.25, 0.3) is 0 Å². The third kappa shape index (κ3) is 3.17. The molecule has 1 N–H and O–H groups in total. The monoisotopic (exact) mass is 371 g/mol. The summed E-state index contributed by atoms with van der Waals surface area (Å²) in [7, 11) is 0. The summed E-state index contributed by atoms with van der Waals surface area (Å²) in [5.41, 5.74) is 1.18. The number of halogens is 3. The van der Waals surface area contributed by atoms with Gasteiger partial charge in [0.05, 0.1) is 5.69 Å². The number of phenolic OH excluding ortho intramolecular Hbond substituents is 1. The Bertz CT molecular complexity index is 614. The van der Waals surface area contributed by atoms with Crippen LogP contribution in [0.3, 0.4) is 0 Å². The van der Waals surface area contributed by atoms with Gasteiger partial charge < -0.3 is 5.11 Å². The zero-order valence-corrected chi connectivity index (χ0v) is 12.2. The molecule has 2 aromatic rings. The number of aromatic hydroxyl groups is 1. The van der Waals surface area contributed by atoms with E-state index < -0.39 is 0 Å². The molecule has 0 unspecified atom stereocenters. The van der Waals surface area contributed by atoms with Gasteiger partial charge in [-0.05, 0) is 52.3 Å². The zero-order valence-electron chi connectivity index (χ0n) is 9.07. The first-order chi connectivity index (χ1) is 8.56. The van der Waals surface area contributed by atoms with Crippen molar-refractivity contribution in [3.63, 3.8) is 0 Å². The smallest absolute Gasteiger partial charge is 0.124 e. The van der Waals surface area contributed by atoms with E-state index in [-0.39, 0.29) is 11.6 Å². The van der Waals surface area contributed by atoms with Crippen LogP contribution in [-0.2, 0) is 0 Å². The van der Waals surface area contributed by atoms with Crippen molar-refractivity contribution in [3.8, 4) is 5.75 Å². The maximum Gasteiger partial charge on any atom is 0.124 e. The first-order valence-electron chi connectivity index (χ1n) is 5.04. The minimum atomic E-state index is -0.328. The van der Waals surface area contributed by atoms with Crippen LogP contribution in [0.4, 0.5) is 10.1 Å². The molecule has 0 radical (unpaired) electrons. The van der Waals surface area contributed by atoms with E-state index in [2.05, 4.69) is 36.9 Å². The molecule has 0 atom stereocenters. The number of benzene rings is 2. The summed E-state index contributed by atoms with van der Waals surface area (Å²) in [6.07, 6.45) is 1.53. The van der Waals surface area contributed by atoms with Crippen LogP contribution in [0.2, 0.25) is 0 Å². The molecule has 0 saturated heterocycles. The lowest BCUT2D eigenvalue weighted by atomic mass is 10.2. The third-order valence-corrected chi connectivity index (χ3v) is 3.37. The standard InChI is InChI=1S/C13H8Br2FNO/c14-9-1-4-13(18)8(5-9)7-17-12-3-2-10(16)6-11(12)15/h1-7,18H. The quantitative estimate of drug-likeness (QED) is 0.754. The van der Waals surface area contributed by atoms with Crippen LogP contribution in [0.25, 0.3) is 0 Å². The minimum Gasteiger partial charge on any atom is -0.507 e. The minimum absolute atomic E-state index is 0.139. The van der Waals surface area contributed by atoms with Crippen molar-refractivity contribution in [1.82, 2.24) is 0 Å². The van der Waals surface area contributed by atoms with Crippen LogP contribution in [0, 0.1) is 5.82 Å². The fraction of sp³-hybridized carbons (Fsp3) is 0. The SMILES string of the molecule is Oc1ccc(Br)cc1C=Nc1ccc(F)cc1Br. The van der Waals surface area contributed by atoms with Gasteiger partial charge in [-0.25, -0.2) is 4.39 Å². The molecular formula is C13H8Br2FNO. The predicted molar refractivity (Wildman–Crippen MR) is 77.2 cm³/mol. The van der Waals surface area contributed by atoms with Crippen LogP contribution in [-0.4, -0.2) is 11.3 Å². The van der Waals surface area contributed by atoms with Crippen molar-refractivity contribution in [2.45, 2.75) is 0 Å². The summed E-state index contributed by atoms with van der Waals surface area (Å²) >= 11 is 6.54. The van der Waals surface area contributed by atoms with E-state index in [4.69, 9.17) is 0 Å². The van der Waals surface area contributed by atoms with Crippen LogP contribution >= 0.6 is 31.9 Å². The highest BCUT2D eigenvalue weighted by atomic mass is 79.9. The number of nitrogens with zero attached hydrogens (tertiary/aromatic N) is 1. The Hall–Kier alpha value is -1.20. The molecule has 0 spiro atoms. The second kappa shape index (κ2) is 5.63. The number of rotatable bonds is 2. The Morgan fingerprint density at radius 2 is 1.89 bits per heavy atom. The molecule has 0 aliphatic heterocycles. The summed E-state index contributed by atoms with van der Waals surface area (Å²) in [4.78, 5) is 4.20. The van der Waals surface area contributed by atoms with Gasteiger partial charge in [0, 0.05) is 20.7 Å². The molecular weight excluding hydrogens is 365 g/mol. The molecule has 0 aliphatic carbocycles. The molecule has 2 nitrogen and oxygen atoms in total. The van der Waals surface area contributed by atoms with Crippen molar-refractivity contribution in [2.24, 2.45) is 4.99 Å². The predicted octanol–water partition coefficient (Wildman–Crippen LogP) is 4.81. The molecule has 0 bridgehead atoms. The second-order valence-electron chi connectivity index (χ2n) is 3.56. The Kier molecular flexibility index (Phi) is 4.14. The number of hydrogen-bond acceptors (Lipinski definition) is 2. The fourth-order valence-corrected chi connectivity index (χ4v) is 2.19. The van der Waals surface area contributed by atoms with E-state index in [1.165, 1.54) is 18.3 Å². The Balaban J connectivity index is 2.32. The van der Waals surface area contributed by atoms with Crippen molar-refractivity contribution < 1.29 is 9.50 Å². The van der Waals surface area contributed by atoms with Gasteiger partial charge >= 0.3 is 0 Å². The van der Waals surface area contributed by atoms with Crippen LogP contribution in [0.15, 0.2) is 50.3 Å². The zero-order chi connectivity index (χ0) is 13.1. The molecule has 2 aromatic carbocycles. The highest BCUT2D eigenvalue weighted by molar-refractivity contribution is 9.10. The lowest BCUT2D eigenvalue weighted by Gasteiger charge is -2.00. The maximum absolute atomic E-state index is 12.9. The van der Waals surface area contributed by atoms with Gasteiger partial charge in [0.2, 0.25) is 0 Å². The molecule has 0 saturated carbocycles. The van der Waals surface area contributed by atoms with Gasteiger partial charge in [-0.2, -0.15) is 0 Å². The van der Waals surface area contributed by atoms with E-state index in [1.54, 1.807) is 24.3 Å². The summed E-state index contributed by atoms with van der Waals surface area (Å²) in [5, 5.41) is 9.64. The van der Waals surface area contributed by atoms with Gasteiger partial charge in [-0.15, -0.1) is 0 Å². The largest absolute Gasteiger partial charge is 0.507 e. The van der Waals surface area contributed by atoms with Gasteiger partial charge in [-0.1, -0.05) is 15.9 Å². The van der Waals surface area contributed by atoms with Crippen LogP contribution < -0.4 is 0 Å². The van der Waals surface area contributed by atoms with Crippen LogP contribution in [0.1, 0.15) is 5.56 Å². The molecule has 5 heteroatoms. The Morgan fingerprint density at radius 3 is 2.61 bits per heavy atom. The molecule has 2 rings (SSSR count). The Labute approximate surface area is 120 Å². The van der Waals surface area contributed by atoms with E-state index in [1.807, 2.05) is 0 Å². The van der Waals surface area contributed by atoms with Crippen molar-refractivity contribution in [2.75, 3.05) is 0 Å². The van der Waals surface area contributed by atoms with Crippen molar-refractivity contribution in [1.29, 1.82) is 0 Å². The average Bonchev–Trinajstić information content (AvgIpc) is 2.32. The van der Waals surface area contributed by atoms with Gasteiger partial charge in [-0.3, -0.25) is 4.99 Å². The van der Waals surface area contributed by atoms with Gasteiger partial charge in [0.15, 0.2) is 0 Å². The highest BCUT2D eigenvalue weighted by Gasteiger charge is 2.01. The first kappa shape index (κ1) is 13.2. The van der Waals surface area contributed by atoms with E-state index >= 15 is 0 Å². The lowest BCUT2D eigenvalue weighted by molar-refractivity contribution is 0.474. The molecule has 0 heterocycles. The molecule has 0 aromatic heterocycles.